The molecule has 0 radical (unpaired) electrons. The summed E-state index contributed by atoms with van der Waals surface area (Å²) < 4.78 is 48.3. The molecule has 5 rings (SSSR count). The molecule has 0 bridgehead atoms. The number of halogens is 2. The van der Waals surface area contributed by atoms with Crippen molar-refractivity contribution in [2.45, 2.75) is 30.3 Å². The molecule has 4 unspecified atom stereocenters. The number of ether oxygens (including phenoxy) is 1. The summed E-state index contributed by atoms with van der Waals surface area (Å²) in [6.45, 7) is 2.49. The van der Waals surface area contributed by atoms with E-state index in [-0.39, 0.29) is 11.7 Å². The molecule has 3 heterocycles. The standard InChI is InChI=1S/C27H31F2N5O2S/c1-36-18-27-12-19(13-30)26(32-23-4-2-21(28)3-5-23)10-20(27)6-9-34(17-27)37(35)25-11-24(14-31-15-25)33-8-7-22(29)16-33/h2-5,10-11,13-15,19,22,30H,6-9,12,16-18H2,1H3. The second-order valence-corrected chi connectivity index (χ2v) is 11.4. The average Bonchev–Trinajstić information content (AvgIpc) is 3.35. The Balaban J connectivity index is 1.40. The number of nitrogens with one attached hydrogen (secondary N) is 1. The molecule has 0 amide bonds. The highest BCUT2D eigenvalue weighted by Crippen LogP contribution is 2.45. The van der Waals surface area contributed by atoms with Gasteiger partial charge in [0.15, 0.2) is 0 Å². The summed E-state index contributed by atoms with van der Waals surface area (Å²) >= 11 is 0. The Kier molecular flexibility index (Phi) is 7.60. The van der Waals surface area contributed by atoms with Crippen molar-refractivity contribution >= 4 is 34.3 Å². The topological polar surface area (TPSA) is 81.9 Å². The van der Waals surface area contributed by atoms with Crippen molar-refractivity contribution in [3.63, 3.8) is 0 Å². The van der Waals surface area contributed by atoms with Gasteiger partial charge in [-0.3, -0.25) is 9.98 Å². The van der Waals surface area contributed by atoms with Crippen LogP contribution >= 0.6 is 0 Å². The zero-order chi connectivity index (χ0) is 26.0. The molecule has 37 heavy (non-hydrogen) atoms. The molecule has 3 aliphatic rings. The monoisotopic (exact) mass is 527 g/mol. The van der Waals surface area contributed by atoms with Crippen LogP contribution < -0.4 is 4.90 Å². The van der Waals surface area contributed by atoms with Gasteiger partial charge in [-0.2, -0.15) is 0 Å². The smallest absolute Gasteiger partial charge is 0.129 e. The summed E-state index contributed by atoms with van der Waals surface area (Å²) in [5, 5.41) is 8.09. The number of hydrogen-bond donors (Lipinski definition) is 1. The number of allylic oxidation sites excluding steroid dienone is 1. The maximum atomic E-state index is 13.7. The van der Waals surface area contributed by atoms with E-state index >= 15 is 0 Å². The van der Waals surface area contributed by atoms with Gasteiger partial charge in [-0.05, 0) is 55.7 Å². The van der Waals surface area contributed by atoms with E-state index in [0.717, 1.165) is 11.4 Å². The van der Waals surface area contributed by atoms with Crippen molar-refractivity contribution in [2.75, 3.05) is 44.8 Å². The van der Waals surface area contributed by atoms with Crippen molar-refractivity contribution in [3.05, 3.63) is 60.2 Å². The van der Waals surface area contributed by atoms with Gasteiger partial charge in [0.25, 0.3) is 0 Å². The number of aromatic nitrogens is 1. The van der Waals surface area contributed by atoms with Crippen molar-refractivity contribution < 1.29 is 17.7 Å². The summed E-state index contributed by atoms with van der Waals surface area (Å²) in [5.41, 5.74) is 2.96. The van der Waals surface area contributed by atoms with Gasteiger partial charge in [0.1, 0.15) is 23.0 Å². The van der Waals surface area contributed by atoms with Crippen LogP contribution in [0, 0.1) is 22.6 Å². The third-order valence-electron chi connectivity index (χ3n) is 7.44. The highest BCUT2D eigenvalue weighted by Gasteiger charge is 2.46. The first-order chi connectivity index (χ1) is 17.9. The lowest BCUT2D eigenvalue weighted by Gasteiger charge is -2.47. The molecule has 2 fully saturated rings. The Hall–Kier alpha value is -2.82. The molecule has 2 aromatic rings. The van der Waals surface area contributed by atoms with Crippen molar-refractivity contribution in [2.24, 2.45) is 16.3 Å². The number of benzene rings is 1. The van der Waals surface area contributed by atoms with Gasteiger partial charge >= 0.3 is 0 Å². The SMILES string of the molecule is COCC12CC(C=N)C(=Nc3ccc(F)cc3)C=C1CCN(S(=O)c1cncc(N3CCC(F)C3)c1)C2. The molecule has 1 N–H and O–H groups in total. The number of rotatable bonds is 7. The lowest BCUT2D eigenvalue weighted by Crippen LogP contribution is -2.51. The zero-order valence-corrected chi connectivity index (χ0v) is 21.6. The molecular weight excluding hydrogens is 496 g/mol. The predicted octanol–water partition coefficient (Wildman–Crippen LogP) is 4.50. The summed E-state index contributed by atoms with van der Waals surface area (Å²) in [6.07, 6.45) is 7.69. The third kappa shape index (κ3) is 5.42. The number of anilines is 1. The predicted molar refractivity (Wildman–Crippen MR) is 141 cm³/mol. The second kappa shape index (κ2) is 10.9. The van der Waals surface area contributed by atoms with Crippen LogP contribution in [0.1, 0.15) is 19.3 Å². The molecular formula is C27H31F2N5O2S. The van der Waals surface area contributed by atoms with Gasteiger partial charge in [0, 0.05) is 62.7 Å². The number of nitrogens with zero attached hydrogens (tertiary/aromatic N) is 4. The number of methoxy groups -OCH3 is 1. The van der Waals surface area contributed by atoms with Crippen LogP contribution in [-0.4, -0.2) is 71.5 Å². The first kappa shape index (κ1) is 25.8. The van der Waals surface area contributed by atoms with Crippen LogP contribution in [0.25, 0.3) is 0 Å². The van der Waals surface area contributed by atoms with Gasteiger partial charge in [-0.1, -0.05) is 5.57 Å². The number of aliphatic imine (C=N–C) groups is 1. The first-order valence-corrected chi connectivity index (χ1v) is 13.6. The van der Waals surface area contributed by atoms with Gasteiger partial charge in [0.2, 0.25) is 0 Å². The van der Waals surface area contributed by atoms with E-state index in [2.05, 4.69) is 4.98 Å². The van der Waals surface area contributed by atoms with Gasteiger partial charge in [-0.25, -0.2) is 17.3 Å². The van der Waals surface area contributed by atoms with Crippen LogP contribution in [0.15, 0.2) is 64.3 Å². The van der Waals surface area contributed by atoms with E-state index in [1.54, 1.807) is 31.6 Å². The fourth-order valence-corrected chi connectivity index (χ4v) is 6.87. The lowest BCUT2D eigenvalue weighted by molar-refractivity contribution is 0.0649. The fraction of sp³-hybridized carbons (Fsp3) is 0.444. The lowest BCUT2D eigenvalue weighted by atomic mass is 9.66. The zero-order valence-electron chi connectivity index (χ0n) is 20.8. The summed E-state index contributed by atoms with van der Waals surface area (Å²) in [5.74, 6) is -0.562. The van der Waals surface area contributed by atoms with Crippen LogP contribution in [0.3, 0.4) is 0 Å². The molecule has 1 aromatic carbocycles. The molecule has 10 heteroatoms. The minimum absolute atomic E-state index is 0.244. The van der Waals surface area contributed by atoms with Crippen molar-refractivity contribution in [1.29, 1.82) is 5.41 Å². The Labute approximate surface area is 218 Å². The van der Waals surface area contributed by atoms with E-state index in [1.807, 2.05) is 21.3 Å². The van der Waals surface area contributed by atoms with E-state index in [4.69, 9.17) is 15.1 Å². The molecule has 2 aliphatic heterocycles. The van der Waals surface area contributed by atoms with Gasteiger partial charge in [0.05, 0.1) is 29.1 Å². The Bertz CT molecular complexity index is 1240. The van der Waals surface area contributed by atoms with E-state index in [1.165, 1.54) is 23.9 Å². The van der Waals surface area contributed by atoms with Gasteiger partial charge in [-0.15, -0.1) is 0 Å². The van der Waals surface area contributed by atoms with E-state index in [9.17, 15) is 13.0 Å². The molecule has 7 nitrogen and oxygen atoms in total. The molecule has 1 aliphatic carbocycles. The van der Waals surface area contributed by atoms with E-state index < -0.39 is 22.6 Å². The molecule has 1 aromatic heterocycles. The van der Waals surface area contributed by atoms with Crippen molar-refractivity contribution in [1.82, 2.24) is 9.29 Å². The van der Waals surface area contributed by atoms with Gasteiger partial charge < -0.3 is 15.0 Å². The average molecular weight is 528 g/mol. The number of fused-ring (bicyclic) bond motifs is 1. The van der Waals surface area contributed by atoms with Crippen LogP contribution in [-0.2, 0) is 15.7 Å². The molecule has 0 saturated carbocycles. The minimum Gasteiger partial charge on any atom is -0.384 e. The summed E-state index contributed by atoms with van der Waals surface area (Å²) in [7, 11) is 0.214. The van der Waals surface area contributed by atoms with Crippen LogP contribution in [0.2, 0.25) is 0 Å². The highest BCUT2D eigenvalue weighted by molar-refractivity contribution is 7.82. The quantitative estimate of drug-likeness (QED) is 0.538. The normalized spacial score (nSPS) is 28.1. The summed E-state index contributed by atoms with van der Waals surface area (Å²) in [4.78, 5) is 11.6. The first-order valence-electron chi connectivity index (χ1n) is 12.5. The largest absolute Gasteiger partial charge is 0.384 e. The highest BCUT2D eigenvalue weighted by atomic mass is 32.2. The maximum Gasteiger partial charge on any atom is 0.129 e. The minimum atomic E-state index is -1.44. The number of hydrogen-bond acceptors (Lipinski definition) is 6. The van der Waals surface area contributed by atoms with E-state index in [0.29, 0.717) is 62.6 Å². The third-order valence-corrected chi connectivity index (χ3v) is 8.85. The van der Waals surface area contributed by atoms with Crippen molar-refractivity contribution in [3.8, 4) is 0 Å². The summed E-state index contributed by atoms with van der Waals surface area (Å²) in [6, 6.07) is 7.86. The van der Waals surface area contributed by atoms with Crippen LogP contribution in [0.5, 0.6) is 0 Å². The number of alkyl halides is 1. The molecule has 4 atom stereocenters. The maximum absolute atomic E-state index is 13.7. The van der Waals surface area contributed by atoms with Crippen LogP contribution in [0.4, 0.5) is 20.2 Å². The molecule has 0 spiro atoms. The Morgan fingerprint density at radius 1 is 1.30 bits per heavy atom. The Morgan fingerprint density at radius 2 is 2.11 bits per heavy atom. The fourth-order valence-electron chi connectivity index (χ4n) is 5.58. The number of pyridine rings is 1. The second-order valence-electron chi connectivity index (χ2n) is 9.95. The number of piperidine rings is 1. The molecule has 2 saturated heterocycles. The Morgan fingerprint density at radius 3 is 2.81 bits per heavy atom. The molecule has 196 valence electrons.